The van der Waals surface area contributed by atoms with Gasteiger partial charge in [0.15, 0.2) is 0 Å². The third kappa shape index (κ3) is 6.53. The molecule has 5 rings (SSSR count). The van der Waals surface area contributed by atoms with E-state index in [1.54, 1.807) is 7.11 Å². The van der Waals surface area contributed by atoms with E-state index in [1.807, 2.05) is 12.1 Å². The van der Waals surface area contributed by atoms with Crippen molar-refractivity contribution in [3.63, 3.8) is 0 Å². The summed E-state index contributed by atoms with van der Waals surface area (Å²) in [5.41, 5.74) is 8.13. The van der Waals surface area contributed by atoms with E-state index in [0.29, 0.717) is 11.7 Å². The highest BCUT2D eigenvalue weighted by Gasteiger charge is 2.25. The maximum Gasteiger partial charge on any atom is 0.119 e. The normalized spacial score (nSPS) is 18.0. The van der Waals surface area contributed by atoms with Crippen LogP contribution in [0.3, 0.4) is 0 Å². The van der Waals surface area contributed by atoms with Crippen LogP contribution in [0.2, 0.25) is 0 Å². The first-order valence-electron chi connectivity index (χ1n) is 14.7. The van der Waals surface area contributed by atoms with Crippen LogP contribution in [0.25, 0.3) is 0 Å². The second-order valence-corrected chi connectivity index (χ2v) is 11.2. The minimum Gasteiger partial charge on any atom is -0.508 e. The molecule has 4 heteroatoms. The summed E-state index contributed by atoms with van der Waals surface area (Å²) in [6.07, 6.45) is 9.73. The van der Waals surface area contributed by atoms with Gasteiger partial charge in [0.05, 0.1) is 7.11 Å². The number of hydrogen-bond acceptors (Lipinski definition) is 4. The molecule has 0 aromatic heterocycles. The average Bonchev–Trinajstić information content (AvgIpc) is 3.24. The SMILES string of the molecule is CCN(Cc1ccc(CCN2CCCCCC2)cc1)c1ccc(OC)cc1C1CCc2cc(O)ccc2C1. The number of nitrogens with zero attached hydrogens (tertiary/aromatic N) is 2. The largest absolute Gasteiger partial charge is 0.508 e. The Balaban J connectivity index is 1.29. The van der Waals surface area contributed by atoms with Gasteiger partial charge in [-0.15, -0.1) is 0 Å². The molecule has 0 amide bonds. The molecule has 2 aliphatic rings. The highest BCUT2D eigenvalue weighted by Crippen LogP contribution is 2.40. The Hall–Kier alpha value is -2.98. The van der Waals surface area contributed by atoms with E-state index in [4.69, 9.17) is 4.74 Å². The Morgan fingerprint density at radius 2 is 1.66 bits per heavy atom. The molecule has 1 N–H and O–H groups in total. The van der Waals surface area contributed by atoms with Gasteiger partial charge >= 0.3 is 0 Å². The Morgan fingerprint density at radius 1 is 0.895 bits per heavy atom. The van der Waals surface area contributed by atoms with Gasteiger partial charge in [0, 0.05) is 25.3 Å². The lowest BCUT2D eigenvalue weighted by molar-refractivity contribution is 0.289. The van der Waals surface area contributed by atoms with Crippen LogP contribution in [-0.4, -0.2) is 43.3 Å². The fourth-order valence-electron chi connectivity index (χ4n) is 6.33. The second kappa shape index (κ2) is 12.7. The molecule has 0 radical (unpaired) electrons. The molecule has 1 atom stereocenters. The molecule has 1 saturated heterocycles. The Labute approximate surface area is 229 Å². The van der Waals surface area contributed by atoms with E-state index < -0.39 is 0 Å². The van der Waals surface area contributed by atoms with E-state index in [-0.39, 0.29) is 0 Å². The van der Waals surface area contributed by atoms with Crippen LogP contribution in [-0.2, 0) is 25.8 Å². The van der Waals surface area contributed by atoms with E-state index in [9.17, 15) is 5.11 Å². The summed E-state index contributed by atoms with van der Waals surface area (Å²) in [5, 5.41) is 9.92. The van der Waals surface area contributed by atoms with E-state index >= 15 is 0 Å². The van der Waals surface area contributed by atoms with Gasteiger partial charge in [0.2, 0.25) is 0 Å². The zero-order valence-corrected chi connectivity index (χ0v) is 23.3. The quantitative estimate of drug-likeness (QED) is 0.331. The van der Waals surface area contributed by atoms with Crippen molar-refractivity contribution in [2.45, 2.75) is 70.8 Å². The fraction of sp³-hybridized carbons (Fsp3) is 0.471. The van der Waals surface area contributed by atoms with Crippen LogP contribution in [0, 0.1) is 0 Å². The first kappa shape index (κ1) is 26.6. The minimum atomic E-state index is 0.370. The summed E-state index contributed by atoms with van der Waals surface area (Å²) in [6.45, 7) is 7.82. The third-order valence-corrected chi connectivity index (χ3v) is 8.63. The van der Waals surface area contributed by atoms with Gasteiger partial charge in [0.25, 0.3) is 0 Å². The summed E-state index contributed by atoms with van der Waals surface area (Å²) < 4.78 is 5.65. The van der Waals surface area contributed by atoms with Crippen LogP contribution in [0.4, 0.5) is 5.69 Å². The number of fused-ring (bicyclic) bond motifs is 1. The first-order chi connectivity index (χ1) is 18.6. The smallest absolute Gasteiger partial charge is 0.119 e. The number of aryl methyl sites for hydroxylation is 1. The van der Waals surface area contributed by atoms with Gasteiger partial charge in [-0.05, 0) is 123 Å². The number of benzene rings is 3. The molecule has 3 aromatic rings. The number of aromatic hydroxyl groups is 1. The second-order valence-electron chi connectivity index (χ2n) is 11.2. The number of rotatable bonds is 9. The highest BCUT2D eigenvalue weighted by molar-refractivity contribution is 5.59. The molecule has 202 valence electrons. The fourth-order valence-corrected chi connectivity index (χ4v) is 6.33. The molecule has 1 fully saturated rings. The maximum atomic E-state index is 9.92. The topological polar surface area (TPSA) is 35.9 Å². The molecule has 0 bridgehead atoms. The zero-order valence-electron chi connectivity index (χ0n) is 23.3. The average molecular weight is 513 g/mol. The maximum absolute atomic E-state index is 9.92. The molecule has 4 nitrogen and oxygen atoms in total. The predicted molar refractivity (Wildman–Crippen MR) is 158 cm³/mol. The standard InChI is InChI=1S/C34H44N2O2/c1-3-36(25-27-10-8-26(9-11-27)18-21-35-19-6-4-5-7-20-35)34-17-16-32(38-2)24-33(34)30-13-12-29-23-31(37)15-14-28(29)22-30/h8-11,14-17,23-24,30,37H,3-7,12-13,18-22,25H2,1-2H3. The molecule has 3 aromatic carbocycles. The van der Waals surface area contributed by atoms with Gasteiger partial charge in [0.1, 0.15) is 11.5 Å². The summed E-state index contributed by atoms with van der Waals surface area (Å²) in [6, 6.07) is 21.8. The van der Waals surface area contributed by atoms with Gasteiger partial charge in [-0.2, -0.15) is 0 Å². The van der Waals surface area contributed by atoms with Crippen molar-refractivity contribution >= 4 is 5.69 Å². The van der Waals surface area contributed by atoms with Crippen molar-refractivity contribution in [3.05, 3.63) is 88.5 Å². The molecule has 1 heterocycles. The van der Waals surface area contributed by atoms with E-state index in [2.05, 4.69) is 65.3 Å². The van der Waals surface area contributed by atoms with Gasteiger partial charge in [-0.1, -0.05) is 43.2 Å². The van der Waals surface area contributed by atoms with Crippen molar-refractivity contribution in [1.29, 1.82) is 0 Å². The molecule has 1 aliphatic carbocycles. The predicted octanol–water partition coefficient (Wildman–Crippen LogP) is 7.12. The Bertz CT molecular complexity index is 1180. The number of methoxy groups -OCH3 is 1. The van der Waals surface area contributed by atoms with Crippen LogP contribution in [0.15, 0.2) is 60.7 Å². The lowest BCUT2D eigenvalue weighted by atomic mass is 9.79. The molecule has 1 aliphatic heterocycles. The van der Waals surface area contributed by atoms with Gasteiger partial charge < -0.3 is 19.6 Å². The molecule has 38 heavy (non-hydrogen) atoms. The van der Waals surface area contributed by atoms with Crippen molar-refractivity contribution < 1.29 is 9.84 Å². The minimum absolute atomic E-state index is 0.370. The summed E-state index contributed by atoms with van der Waals surface area (Å²) in [5.74, 6) is 1.73. The van der Waals surface area contributed by atoms with E-state index in [1.165, 1.54) is 78.8 Å². The van der Waals surface area contributed by atoms with Crippen molar-refractivity contribution in [2.75, 3.05) is 38.2 Å². The number of phenolic OH excluding ortho intramolecular Hbond substituents is 1. The third-order valence-electron chi connectivity index (χ3n) is 8.63. The lowest BCUT2D eigenvalue weighted by Gasteiger charge is -2.32. The first-order valence-corrected chi connectivity index (χ1v) is 14.7. The van der Waals surface area contributed by atoms with Crippen LogP contribution in [0.1, 0.15) is 72.8 Å². The molecular weight excluding hydrogens is 468 g/mol. The van der Waals surface area contributed by atoms with E-state index in [0.717, 1.165) is 44.5 Å². The van der Waals surface area contributed by atoms with Gasteiger partial charge in [-0.25, -0.2) is 0 Å². The van der Waals surface area contributed by atoms with Gasteiger partial charge in [-0.3, -0.25) is 0 Å². The van der Waals surface area contributed by atoms with Crippen molar-refractivity contribution in [1.82, 2.24) is 4.90 Å². The molecular formula is C34H44N2O2. The van der Waals surface area contributed by atoms with Crippen molar-refractivity contribution in [2.24, 2.45) is 0 Å². The summed E-state index contributed by atoms with van der Waals surface area (Å²) in [4.78, 5) is 5.16. The Morgan fingerprint density at radius 3 is 2.39 bits per heavy atom. The molecule has 0 spiro atoms. The van der Waals surface area contributed by atoms with Crippen molar-refractivity contribution in [3.8, 4) is 11.5 Å². The molecule has 0 saturated carbocycles. The van der Waals surface area contributed by atoms with Crippen LogP contribution >= 0.6 is 0 Å². The number of anilines is 1. The number of hydrogen-bond donors (Lipinski definition) is 1. The summed E-state index contributed by atoms with van der Waals surface area (Å²) in [7, 11) is 1.75. The number of likely N-dealkylation sites (tertiary alicyclic amines) is 1. The number of phenols is 1. The highest BCUT2D eigenvalue weighted by atomic mass is 16.5. The molecule has 1 unspecified atom stereocenters. The van der Waals surface area contributed by atoms with Crippen LogP contribution in [0.5, 0.6) is 11.5 Å². The number of ether oxygens (including phenoxy) is 1. The summed E-state index contributed by atoms with van der Waals surface area (Å²) >= 11 is 0. The Kier molecular flexibility index (Phi) is 8.90. The monoisotopic (exact) mass is 512 g/mol. The van der Waals surface area contributed by atoms with Crippen LogP contribution < -0.4 is 9.64 Å². The zero-order chi connectivity index (χ0) is 26.3. The lowest BCUT2D eigenvalue weighted by Crippen LogP contribution is -2.27.